The van der Waals surface area contributed by atoms with E-state index in [1.807, 2.05) is 54.6 Å². The third-order valence-corrected chi connectivity index (χ3v) is 3.44. The summed E-state index contributed by atoms with van der Waals surface area (Å²) in [7, 11) is 0. The van der Waals surface area contributed by atoms with Crippen LogP contribution in [0.25, 0.3) is 0 Å². The number of amides is 2. The maximum Gasteiger partial charge on any atom is 0.319 e. The number of urea groups is 1. The molecule has 2 amide bonds. The van der Waals surface area contributed by atoms with Crippen molar-refractivity contribution >= 4 is 11.7 Å². The Balaban J connectivity index is 1.71. The predicted octanol–water partition coefficient (Wildman–Crippen LogP) is 3.30. The summed E-state index contributed by atoms with van der Waals surface area (Å²) in [5.41, 5.74) is 2.91. The Kier molecular flexibility index (Phi) is 7.26. The monoisotopic (exact) mass is 328 g/mol. The number of hydrogen-bond donors (Lipinski definition) is 3. The molecule has 3 N–H and O–H groups in total. The number of nitrogens with one attached hydrogen (secondary N) is 2. The van der Waals surface area contributed by atoms with Crippen molar-refractivity contribution in [3.63, 3.8) is 0 Å². The van der Waals surface area contributed by atoms with Crippen LogP contribution in [0, 0.1) is 0 Å². The second-order valence-corrected chi connectivity index (χ2v) is 5.69. The van der Waals surface area contributed by atoms with Crippen LogP contribution >= 0.6 is 0 Å². The minimum atomic E-state index is -0.416. The van der Waals surface area contributed by atoms with Gasteiger partial charge in [0.15, 0.2) is 0 Å². The van der Waals surface area contributed by atoms with Crippen molar-refractivity contribution in [2.45, 2.75) is 32.7 Å². The molecule has 0 aromatic heterocycles. The van der Waals surface area contributed by atoms with E-state index in [4.69, 9.17) is 9.84 Å². The fraction of sp³-hybridized carbons (Fsp3) is 0.316. The summed E-state index contributed by atoms with van der Waals surface area (Å²) in [5, 5.41) is 14.6. The van der Waals surface area contributed by atoms with Gasteiger partial charge in [0.1, 0.15) is 0 Å². The van der Waals surface area contributed by atoms with E-state index >= 15 is 0 Å². The molecule has 0 aliphatic rings. The van der Waals surface area contributed by atoms with Crippen molar-refractivity contribution in [2.75, 3.05) is 11.9 Å². The SMILES string of the molecule is CC(O)CCNC(=O)Nc1ccc(COCc2ccccc2)cc1. The molecule has 128 valence electrons. The van der Waals surface area contributed by atoms with E-state index in [1.165, 1.54) is 0 Å². The van der Waals surface area contributed by atoms with Crippen molar-refractivity contribution in [1.29, 1.82) is 0 Å². The van der Waals surface area contributed by atoms with Crippen LogP contribution in [0.5, 0.6) is 0 Å². The normalized spacial score (nSPS) is 11.8. The molecule has 5 nitrogen and oxygen atoms in total. The number of carbonyl (C=O) groups excluding carboxylic acids is 1. The number of aliphatic hydroxyl groups is 1. The fourth-order valence-corrected chi connectivity index (χ4v) is 2.12. The molecule has 0 spiro atoms. The zero-order valence-corrected chi connectivity index (χ0v) is 13.9. The van der Waals surface area contributed by atoms with Gasteiger partial charge in [-0.3, -0.25) is 0 Å². The third kappa shape index (κ3) is 6.81. The van der Waals surface area contributed by atoms with Crippen LogP contribution in [0.4, 0.5) is 10.5 Å². The minimum absolute atomic E-state index is 0.274. The number of benzene rings is 2. The molecule has 0 saturated heterocycles. The molecule has 2 aromatic rings. The maximum absolute atomic E-state index is 11.7. The van der Waals surface area contributed by atoms with Gasteiger partial charge >= 0.3 is 6.03 Å². The van der Waals surface area contributed by atoms with E-state index in [1.54, 1.807) is 6.92 Å². The molecule has 0 heterocycles. The molecule has 0 saturated carbocycles. The Labute approximate surface area is 142 Å². The first-order valence-electron chi connectivity index (χ1n) is 8.07. The Bertz CT molecular complexity index is 612. The lowest BCUT2D eigenvalue weighted by atomic mass is 10.2. The van der Waals surface area contributed by atoms with Crippen molar-refractivity contribution < 1.29 is 14.6 Å². The number of rotatable bonds is 8. The Morgan fingerprint density at radius 1 is 1.04 bits per heavy atom. The van der Waals surface area contributed by atoms with Crippen LogP contribution in [0.1, 0.15) is 24.5 Å². The first-order chi connectivity index (χ1) is 11.6. The molecule has 5 heteroatoms. The molecule has 2 aromatic carbocycles. The Hall–Kier alpha value is -2.37. The number of hydrogen-bond acceptors (Lipinski definition) is 3. The second kappa shape index (κ2) is 9.70. The van der Waals surface area contributed by atoms with Crippen LogP contribution in [-0.4, -0.2) is 23.8 Å². The van der Waals surface area contributed by atoms with Crippen LogP contribution in [0.2, 0.25) is 0 Å². The molecular weight excluding hydrogens is 304 g/mol. The minimum Gasteiger partial charge on any atom is -0.393 e. The third-order valence-electron chi connectivity index (χ3n) is 3.44. The van der Waals surface area contributed by atoms with Crippen molar-refractivity contribution in [2.24, 2.45) is 0 Å². The lowest BCUT2D eigenvalue weighted by Gasteiger charge is -2.09. The van der Waals surface area contributed by atoms with Crippen LogP contribution in [-0.2, 0) is 18.0 Å². The van der Waals surface area contributed by atoms with Gasteiger partial charge in [-0.05, 0) is 36.6 Å². The number of ether oxygens (including phenoxy) is 1. The first-order valence-corrected chi connectivity index (χ1v) is 8.07. The number of carbonyl (C=O) groups is 1. The highest BCUT2D eigenvalue weighted by Crippen LogP contribution is 2.11. The number of anilines is 1. The van der Waals surface area contributed by atoms with Crippen molar-refractivity contribution in [3.05, 3.63) is 65.7 Å². The predicted molar refractivity (Wildman–Crippen MR) is 94.7 cm³/mol. The maximum atomic E-state index is 11.7. The topological polar surface area (TPSA) is 70.6 Å². The van der Waals surface area contributed by atoms with Gasteiger partial charge in [-0.25, -0.2) is 4.79 Å². The van der Waals surface area contributed by atoms with Crippen LogP contribution in [0.15, 0.2) is 54.6 Å². The quantitative estimate of drug-likeness (QED) is 0.696. The van der Waals surface area contributed by atoms with Crippen molar-refractivity contribution in [1.82, 2.24) is 5.32 Å². The average Bonchev–Trinajstić information content (AvgIpc) is 2.57. The molecule has 0 radical (unpaired) electrons. The highest BCUT2D eigenvalue weighted by molar-refractivity contribution is 5.89. The Morgan fingerprint density at radius 2 is 1.67 bits per heavy atom. The molecule has 0 bridgehead atoms. The van der Waals surface area contributed by atoms with Gasteiger partial charge in [0, 0.05) is 12.2 Å². The largest absolute Gasteiger partial charge is 0.393 e. The Morgan fingerprint density at radius 3 is 2.29 bits per heavy atom. The molecular formula is C19H24N2O3. The number of aliphatic hydroxyl groups excluding tert-OH is 1. The van der Waals surface area contributed by atoms with Crippen molar-refractivity contribution in [3.8, 4) is 0 Å². The van der Waals surface area contributed by atoms with Crippen LogP contribution in [0.3, 0.4) is 0 Å². The summed E-state index contributed by atoms with van der Waals surface area (Å²) in [6.07, 6.45) is 0.117. The van der Waals surface area contributed by atoms with Crippen LogP contribution < -0.4 is 10.6 Å². The molecule has 0 aliphatic heterocycles. The van der Waals surface area contributed by atoms with Gasteiger partial charge in [-0.2, -0.15) is 0 Å². The average molecular weight is 328 g/mol. The van der Waals surface area contributed by atoms with Gasteiger partial charge in [-0.15, -0.1) is 0 Å². The first kappa shape index (κ1) is 18.0. The van der Waals surface area contributed by atoms with E-state index in [0.717, 1.165) is 16.8 Å². The van der Waals surface area contributed by atoms with Gasteiger partial charge in [0.05, 0.1) is 19.3 Å². The molecule has 24 heavy (non-hydrogen) atoms. The summed E-state index contributed by atoms with van der Waals surface area (Å²) < 4.78 is 5.68. The summed E-state index contributed by atoms with van der Waals surface area (Å²) in [6, 6.07) is 17.3. The summed E-state index contributed by atoms with van der Waals surface area (Å²) in [4.78, 5) is 11.7. The van der Waals surface area contributed by atoms with E-state index < -0.39 is 6.10 Å². The molecule has 0 fully saturated rings. The highest BCUT2D eigenvalue weighted by atomic mass is 16.5. The molecule has 0 aliphatic carbocycles. The second-order valence-electron chi connectivity index (χ2n) is 5.69. The molecule has 1 unspecified atom stereocenters. The highest BCUT2D eigenvalue weighted by Gasteiger charge is 2.03. The van der Waals surface area contributed by atoms with Gasteiger partial charge in [0.2, 0.25) is 0 Å². The zero-order chi connectivity index (χ0) is 17.2. The summed E-state index contributed by atoms with van der Waals surface area (Å²) in [5.74, 6) is 0. The standard InChI is InChI=1S/C19H24N2O3/c1-15(22)11-12-20-19(23)21-18-9-7-17(8-10-18)14-24-13-16-5-3-2-4-6-16/h2-10,15,22H,11-14H2,1H3,(H2,20,21,23). The fourth-order valence-electron chi connectivity index (χ4n) is 2.12. The van der Waals surface area contributed by atoms with Gasteiger partial charge < -0.3 is 20.5 Å². The molecule has 2 rings (SSSR count). The zero-order valence-electron chi connectivity index (χ0n) is 13.9. The van der Waals surface area contributed by atoms with E-state index in [-0.39, 0.29) is 6.03 Å². The smallest absolute Gasteiger partial charge is 0.319 e. The lowest BCUT2D eigenvalue weighted by molar-refractivity contribution is 0.107. The molecule has 1 atom stereocenters. The summed E-state index contributed by atoms with van der Waals surface area (Å²) >= 11 is 0. The van der Waals surface area contributed by atoms with E-state index in [0.29, 0.717) is 26.2 Å². The van der Waals surface area contributed by atoms with Gasteiger partial charge in [-0.1, -0.05) is 42.5 Å². The lowest BCUT2D eigenvalue weighted by Crippen LogP contribution is -2.30. The summed E-state index contributed by atoms with van der Waals surface area (Å²) in [6.45, 7) is 3.23. The van der Waals surface area contributed by atoms with Gasteiger partial charge in [0.25, 0.3) is 0 Å². The van der Waals surface area contributed by atoms with E-state index in [2.05, 4.69) is 10.6 Å². The van der Waals surface area contributed by atoms with E-state index in [9.17, 15) is 4.79 Å².